The average Bonchev–Trinajstić information content (AvgIpc) is 2.50. The average molecular weight is 291 g/mol. The molecule has 1 aliphatic rings. The maximum Gasteiger partial charge on any atom is 0.228 e. The molecule has 1 atom stereocenters. The fraction of sp³-hybridized carbons (Fsp3) is 0.333. The molecule has 15 heavy (non-hydrogen) atoms. The van der Waals surface area contributed by atoms with Gasteiger partial charge in [0, 0.05) is 31.3 Å². The molecular formula is C9H9BrClN3O. The molecule has 2 N–H and O–H groups in total. The van der Waals surface area contributed by atoms with E-state index in [9.17, 15) is 4.79 Å². The third-order valence-electron chi connectivity index (χ3n) is 2.25. The molecule has 4 nitrogen and oxygen atoms in total. The zero-order valence-corrected chi connectivity index (χ0v) is 10.1. The van der Waals surface area contributed by atoms with Crippen LogP contribution in [0.3, 0.4) is 0 Å². The number of anilines is 1. The maximum atomic E-state index is 11.6. The summed E-state index contributed by atoms with van der Waals surface area (Å²) >= 11 is 9.11. The van der Waals surface area contributed by atoms with E-state index in [2.05, 4.69) is 20.9 Å². The molecule has 0 radical (unpaired) electrons. The zero-order valence-electron chi connectivity index (χ0n) is 7.78. The van der Waals surface area contributed by atoms with Crippen molar-refractivity contribution in [2.75, 3.05) is 11.4 Å². The van der Waals surface area contributed by atoms with Crippen molar-refractivity contribution in [2.24, 2.45) is 5.73 Å². The van der Waals surface area contributed by atoms with Gasteiger partial charge in [-0.15, -0.1) is 0 Å². The summed E-state index contributed by atoms with van der Waals surface area (Å²) in [5.41, 5.74) is 6.44. The van der Waals surface area contributed by atoms with Crippen molar-refractivity contribution in [2.45, 2.75) is 12.5 Å². The van der Waals surface area contributed by atoms with Gasteiger partial charge in [0.2, 0.25) is 5.91 Å². The third kappa shape index (κ3) is 2.14. The van der Waals surface area contributed by atoms with Crippen LogP contribution in [0.4, 0.5) is 5.69 Å². The van der Waals surface area contributed by atoms with E-state index in [1.165, 1.54) is 0 Å². The van der Waals surface area contributed by atoms with Crippen molar-refractivity contribution in [3.8, 4) is 0 Å². The lowest BCUT2D eigenvalue weighted by molar-refractivity contribution is -0.117. The fourth-order valence-corrected chi connectivity index (χ4v) is 2.16. The molecule has 1 unspecified atom stereocenters. The van der Waals surface area contributed by atoms with Gasteiger partial charge in [0.1, 0.15) is 5.15 Å². The predicted molar refractivity (Wildman–Crippen MR) is 61.9 cm³/mol. The van der Waals surface area contributed by atoms with Crippen LogP contribution in [0.25, 0.3) is 0 Å². The van der Waals surface area contributed by atoms with Crippen LogP contribution in [0.1, 0.15) is 6.42 Å². The second kappa shape index (κ2) is 4.08. The molecule has 1 fully saturated rings. The highest BCUT2D eigenvalue weighted by Crippen LogP contribution is 2.30. The Morgan fingerprint density at radius 1 is 1.67 bits per heavy atom. The SMILES string of the molecule is NC1CC(=O)N(c2cc(Cl)ncc2Br)C1. The molecule has 6 heteroatoms. The second-order valence-electron chi connectivity index (χ2n) is 3.43. The summed E-state index contributed by atoms with van der Waals surface area (Å²) < 4.78 is 0.745. The number of aromatic nitrogens is 1. The summed E-state index contributed by atoms with van der Waals surface area (Å²) in [5, 5.41) is 0.362. The molecule has 1 saturated heterocycles. The van der Waals surface area contributed by atoms with Crippen LogP contribution < -0.4 is 10.6 Å². The predicted octanol–water partition coefficient (Wildman–Crippen LogP) is 1.56. The quantitative estimate of drug-likeness (QED) is 0.799. The summed E-state index contributed by atoms with van der Waals surface area (Å²) in [6, 6.07) is 1.55. The number of carbonyl (C=O) groups is 1. The van der Waals surface area contributed by atoms with Crippen LogP contribution in [0, 0.1) is 0 Å². The van der Waals surface area contributed by atoms with Gasteiger partial charge in [-0.05, 0) is 15.9 Å². The van der Waals surface area contributed by atoms with Gasteiger partial charge in [-0.2, -0.15) is 0 Å². The Hall–Kier alpha value is -0.650. The zero-order chi connectivity index (χ0) is 11.0. The second-order valence-corrected chi connectivity index (χ2v) is 4.67. The molecule has 2 heterocycles. The van der Waals surface area contributed by atoms with Gasteiger partial charge < -0.3 is 10.6 Å². The number of halogens is 2. The first-order valence-electron chi connectivity index (χ1n) is 4.45. The number of hydrogen-bond donors (Lipinski definition) is 1. The minimum atomic E-state index is -0.101. The van der Waals surface area contributed by atoms with Crippen molar-refractivity contribution in [1.29, 1.82) is 0 Å². The highest BCUT2D eigenvalue weighted by molar-refractivity contribution is 9.10. The summed E-state index contributed by atoms with van der Waals surface area (Å²) in [7, 11) is 0. The Balaban J connectivity index is 2.37. The van der Waals surface area contributed by atoms with E-state index in [0.717, 1.165) is 10.2 Å². The van der Waals surface area contributed by atoms with Gasteiger partial charge in [-0.25, -0.2) is 4.98 Å². The molecule has 0 bridgehead atoms. The summed E-state index contributed by atoms with van der Waals surface area (Å²) in [4.78, 5) is 17.1. The Bertz CT molecular complexity index is 412. The van der Waals surface area contributed by atoms with Crippen LogP contribution >= 0.6 is 27.5 Å². The molecule has 0 aliphatic carbocycles. The number of rotatable bonds is 1. The van der Waals surface area contributed by atoms with Gasteiger partial charge >= 0.3 is 0 Å². The van der Waals surface area contributed by atoms with E-state index in [1.54, 1.807) is 17.2 Å². The van der Waals surface area contributed by atoms with Crippen LogP contribution in [-0.4, -0.2) is 23.5 Å². The van der Waals surface area contributed by atoms with Crippen molar-refractivity contribution >= 4 is 39.1 Å². The van der Waals surface area contributed by atoms with Crippen molar-refractivity contribution in [1.82, 2.24) is 4.98 Å². The van der Waals surface area contributed by atoms with Gasteiger partial charge in [-0.3, -0.25) is 4.79 Å². The van der Waals surface area contributed by atoms with E-state index in [4.69, 9.17) is 17.3 Å². The highest BCUT2D eigenvalue weighted by Gasteiger charge is 2.29. The molecule has 1 aliphatic heterocycles. The molecule has 1 aromatic rings. The molecule has 1 aromatic heterocycles. The van der Waals surface area contributed by atoms with E-state index < -0.39 is 0 Å². The monoisotopic (exact) mass is 289 g/mol. The summed E-state index contributed by atoms with van der Waals surface area (Å²) in [6.45, 7) is 0.526. The van der Waals surface area contributed by atoms with E-state index in [1.807, 2.05) is 0 Å². The molecule has 80 valence electrons. The minimum Gasteiger partial charge on any atom is -0.326 e. The van der Waals surface area contributed by atoms with Crippen molar-refractivity contribution in [3.05, 3.63) is 21.9 Å². The van der Waals surface area contributed by atoms with Gasteiger partial charge in [0.05, 0.1) is 10.2 Å². The minimum absolute atomic E-state index is 0.0190. The molecule has 0 aromatic carbocycles. The molecular weight excluding hydrogens is 281 g/mol. The van der Waals surface area contributed by atoms with Gasteiger partial charge in [0.25, 0.3) is 0 Å². The number of pyridine rings is 1. The highest BCUT2D eigenvalue weighted by atomic mass is 79.9. The van der Waals surface area contributed by atoms with E-state index >= 15 is 0 Å². The molecule has 0 saturated carbocycles. The third-order valence-corrected chi connectivity index (χ3v) is 3.07. The normalized spacial score (nSPS) is 21.1. The number of nitrogens with zero attached hydrogens (tertiary/aromatic N) is 2. The Labute approximate surface area is 101 Å². The summed E-state index contributed by atoms with van der Waals surface area (Å²) in [6.07, 6.45) is 1.96. The Kier molecular flexibility index (Phi) is 2.95. The standard InChI is InChI=1S/C9H9BrClN3O/c10-6-3-13-8(11)2-7(6)14-4-5(12)1-9(14)15/h2-3,5H,1,4,12H2. The lowest BCUT2D eigenvalue weighted by Gasteiger charge is -2.17. The Morgan fingerprint density at radius 2 is 2.40 bits per heavy atom. The summed E-state index contributed by atoms with van der Waals surface area (Å²) in [5.74, 6) is 0.0190. The van der Waals surface area contributed by atoms with Crippen LogP contribution in [-0.2, 0) is 4.79 Å². The van der Waals surface area contributed by atoms with Gasteiger partial charge in [0.15, 0.2) is 0 Å². The number of nitrogens with two attached hydrogens (primary N) is 1. The van der Waals surface area contributed by atoms with Crippen LogP contribution in [0.2, 0.25) is 5.15 Å². The van der Waals surface area contributed by atoms with Crippen LogP contribution in [0.15, 0.2) is 16.7 Å². The largest absolute Gasteiger partial charge is 0.326 e. The van der Waals surface area contributed by atoms with Crippen LogP contribution in [0.5, 0.6) is 0 Å². The Morgan fingerprint density at radius 3 is 3.00 bits per heavy atom. The number of amides is 1. The first kappa shape index (κ1) is 10.9. The maximum absolute atomic E-state index is 11.6. The smallest absolute Gasteiger partial charge is 0.228 e. The molecule has 1 amide bonds. The van der Waals surface area contributed by atoms with E-state index in [0.29, 0.717) is 18.1 Å². The van der Waals surface area contributed by atoms with Crippen molar-refractivity contribution < 1.29 is 4.79 Å². The first-order chi connectivity index (χ1) is 7.08. The lowest BCUT2D eigenvalue weighted by Crippen LogP contribution is -2.28. The van der Waals surface area contributed by atoms with E-state index in [-0.39, 0.29) is 11.9 Å². The number of carbonyl (C=O) groups excluding carboxylic acids is 1. The first-order valence-corrected chi connectivity index (χ1v) is 5.62. The fourth-order valence-electron chi connectivity index (χ4n) is 1.58. The topological polar surface area (TPSA) is 59.2 Å². The number of hydrogen-bond acceptors (Lipinski definition) is 3. The lowest BCUT2D eigenvalue weighted by atomic mass is 10.3. The van der Waals surface area contributed by atoms with Crippen molar-refractivity contribution in [3.63, 3.8) is 0 Å². The molecule has 2 rings (SSSR count). The molecule has 0 spiro atoms. The van der Waals surface area contributed by atoms with Gasteiger partial charge in [-0.1, -0.05) is 11.6 Å².